The Kier molecular flexibility index (Phi) is 6.25. The van der Waals surface area contributed by atoms with E-state index < -0.39 is 0 Å². The van der Waals surface area contributed by atoms with Crippen molar-refractivity contribution in [3.63, 3.8) is 0 Å². The number of benzene rings is 2. The number of hydrogen-bond donors (Lipinski definition) is 2. The number of aromatic nitrogens is 3. The number of anilines is 3. The van der Waals surface area contributed by atoms with Gasteiger partial charge in [0.2, 0.25) is 11.9 Å². The van der Waals surface area contributed by atoms with E-state index in [0.29, 0.717) is 29.9 Å². The van der Waals surface area contributed by atoms with Crippen molar-refractivity contribution in [1.82, 2.24) is 19.9 Å². The van der Waals surface area contributed by atoms with Crippen molar-refractivity contribution in [2.24, 2.45) is 0 Å². The molecule has 7 nitrogen and oxygen atoms in total. The maximum Gasteiger partial charge on any atom is 0.228 e. The molecule has 9 heteroatoms. The smallest absolute Gasteiger partial charge is 0.228 e. The van der Waals surface area contributed by atoms with E-state index in [1.54, 1.807) is 0 Å². The lowest BCUT2D eigenvalue weighted by atomic mass is 10.2. The van der Waals surface area contributed by atoms with Gasteiger partial charge in [-0.3, -0.25) is 4.90 Å². The minimum atomic E-state index is -0.217. The second-order valence-corrected chi connectivity index (χ2v) is 7.59. The number of nitrogen functional groups attached to an aromatic ring is 1. The third kappa shape index (κ3) is 5.34. The summed E-state index contributed by atoms with van der Waals surface area (Å²) < 4.78 is 13.1. The summed E-state index contributed by atoms with van der Waals surface area (Å²) >= 11 is 5.92. The monoisotopic (exact) mass is 427 g/mol. The normalized spacial score (nSPS) is 14.7. The van der Waals surface area contributed by atoms with Gasteiger partial charge in [-0.15, -0.1) is 0 Å². The SMILES string of the molecule is Nc1nc(CN2CCN(c3ccc(F)cc3)CC2)nc(NCc2ccc(Cl)cc2)n1. The molecule has 0 aliphatic carbocycles. The van der Waals surface area contributed by atoms with E-state index in [0.717, 1.165) is 37.4 Å². The molecule has 30 heavy (non-hydrogen) atoms. The molecular formula is C21H23ClFN7. The molecule has 0 unspecified atom stereocenters. The van der Waals surface area contributed by atoms with Gasteiger partial charge in [0.25, 0.3) is 0 Å². The summed E-state index contributed by atoms with van der Waals surface area (Å²) in [5, 5.41) is 3.89. The number of nitrogens with zero attached hydrogens (tertiary/aromatic N) is 5. The van der Waals surface area contributed by atoms with Crippen LogP contribution in [-0.2, 0) is 13.1 Å². The molecular weight excluding hydrogens is 405 g/mol. The van der Waals surface area contributed by atoms with Gasteiger partial charge in [-0.05, 0) is 42.0 Å². The topological polar surface area (TPSA) is 83.2 Å². The van der Waals surface area contributed by atoms with Gasteiger partial charge in [-0.1, -0.05) is 23.7 Å². The van der Waals surface area contributed by atoms with Crippen LogP contribution in [0.2, 0.25) is 5.02 Å². The summed E-state index contributed by atoms with van der Waals surface area (Å²) in [7, 11) is 0. The third-order valence-electron chi connectivity index (χ3n) is 4.99. The Morgan fingerprint density at radius 1 is 0.933 bits per heavy atom. The second kappa shape index (κ2) is 9.23. The van der Waals surface area contributed by atoms with E-state index in [2.05, 4.69) is 30.1 Å². The predicted molar refractivity (Wildman–Crippen MR) is 117 cm³/mol. The van der Waals surface area contributed by atoms with E-state index in [-0.39, 0.29) is 11.8 Å². The highest BCUT2D eigenvalue weighted by Crippen LogP contribution is 2.18. The Balaban J connectivity index is 1.33. The highest BCUT2D eigenvalue weighted by atomic mass is 35.5. The summed E-state index contributed by atoms with van der Waals surface area (Å²) in [5.41, 5.74) is 7.99. The molecule has 1 aliphatic rings. The fourth-order valence-electron chi connectivity index (χ4n) is 3.39. The van der Waals surface area contributed by atoms with Crippen LogP contribution in [0.4, 0.5) is 22.0 Å². The van der Waals surface area contributed by atoms with Crippen LogP contribution in [0.1, 0.15) is 11.4 Å². The Bertz CT molecular complexity index is 974. The molecule has 2 heterocycles. The van der Waals surface area contributed by atoms with Crippen LogP contribution in [0.3, 0.4) is 0 Å². The molecule has 3 aromatic rings. The van der Waals surface area contributed by atoms with Gasteiger partial charge >= 0.3 is 0 Å². The molecule has 1 fully saturated rings. The average Bonchev–Trinajstić information content (AvgIpc) is 2.74. The van der Waals surface area contributed by atoms with Gasteiger partial charge in [-0.2, -0.15) is 15.0 Å². The van der Waals surface area contributed by atoms with Crippen LogP contribution in [0.25, 0.3) is 0 Å². The molecule has 156 valence electrons. The number of rotatable bonds is 6. The molecule has 0 amide bonds. The number of hydrogen-bond acceptors (Lipinski definition) is 7. The molecule has 1 aliphatic heterocycles. The fourth-order valence-corrected chi connectivity index (χ4v) is 3.51. The molecule has 4 rings (SSSR count). The molecule has 0 saturated carbocycles. The number of piperazine rings is 1. The molecule has 0 atom stereocenters. The summed E-state index contributed by atoms with van der Waals surface area (Å²) in [4.78, 5) is 17.5. The van der Waals surface area contributed by atoms with Crippen molar-refractivity contribution in [1.29, 1.82) is 0 Å². The first kappa shape index (κ1) is 20.3. The minimum absolute atomic E-state index is 0.198. The number of nitrogens with two attached hydrogens (primary N) is 1. The molecule has 0 radical (unpaired) electrons. The van der Waals surface area contributed by atoms with Gasteiger partial charge in [0, 0.05) is 43.4 Å². The Morgan fingerprint density at radius 2 is 1.63 bits per heavy atom. The fraction of sp³-hybridized carbons (Fsp3) is 0.286. The van der Waals surface area contributed by atoms with Gasteiger partial charge in [0.15, 0.2) is 0 Å². The molecule has 2 aromatic carbocycles. The Morgan fingerprint density at radius 3 is 2.33 bits per heavy atom. The largest absolute Gasteiger partial charge is 0.369 e. The lowest BCUT2D eigenvalue weighted by molar-refractivity contribution is 0.244. The van der Waals surface area contributed by atoms with E-state index in [9.17, 15) is 4.39 Å². The molecule has 3 N–H and O–H groups in total. The zero-order chi connectivity index (χ0) is 20.9. The van der Waals surface area contributed by atoms with Gasteiger partial charge < -0.3 is 16.0 Å². The highest BCUT2D eigenvalue weighted by Gasteiger charge is 2.19. The Hall–Kier alpha value is -2.97. The van der Waals surface area contributed by atoms with Crippen molar-refractivity contribution in [2.45, 2.75) is 13.1 Å². The minimum Gasteiger partial charge on any atom is -0.369 e. The third-order valence-corrected chi connectivity index (χ3v) is 5.24. The lowest BCUT2D eigenvalue weighted by Gasteiger charge is -2.35. The number of nitrogens with one attached hydrogen (secondary N) is 1. The van der Waals surface area contributed by atoms with Crippen LogP contribution < -0.4 is 16.0 Å². The first-order valence-corrected chi connectivity index (χ1v) is 10.1. The van der Waals surface area contributed by atoms with Crippen LogP contribution >= 0.6 is 11.6 Å². The molecule has 1 saturated heterocycles. The zero-order valence-corrected chi connectivity index (χ0v) is 17.2. The van der Waals surface area contributed by atoms with Crippen molar-refractivity contribution in [3.05, 3.63) is 70.8 Å². The maximum absolute atomic E-state index is 13.1. The van der Waals surface area contributed by atoms with Crippen LogP contribution in [0, 0.1) is 5.82 Å². The van der Waals surface area contributed by atoms with Crippen molar-refractivity contribution >= 4 is 29.2 Å². The van der Waals surface area contributed by atoms with Crippen molar-refractivity contribution < 1.29 is 4.39 Å². The molecule has 1 aromatic heterocycles. The predicted octanol–water partition coefficient (Wildman–Crippen LogP) is 3.18. The van der Waals surface area contributed by atoms with Crippen LogP contribution in [0.15, 0.2) is 48.5 Å². The molecule has 0 bridgehead atoms. The van der Waals surface area contributed by atoms with Crippen molar-refractivity contribution in [2.75, 3.05) is 42.1 Å². The van der Waals surface area contributed by atoms with Gasteiger partial charge in [0.05, 0.1) is 6.54 Å². The first-order chi connectivity index (χ1) is 14.5. The highest BCUT2D eigenvalue weighted by molar-refractivity contribution is 6.30. The molecule has 0 spiro atoms. The maximum atomic E-state index is 13.1. The van der Waals surface area contributed by atoms with Crippen molar-refractivity contribution in [3.8, 4) is 0 Å². The zero-order valence-electron chi connectivity index (χ0n) is 16.4. The summed E-state index contributed by atoms with van der Waals surface area (Å²) in [6, 6.07) is 14.2. The quantitative estimate of drug-likeness (QED) is 0.625. The van der Waals surface area contributed by atoms with E-state index >= 15 is 0 Å². The van der Waals surface area contributed by atoms with E-state index in [4.69, 9.17) is 17.3 Å². The van der Waals surface area contributed by atoms with E-state index in [1.807, 2.05) is 36.4 Å². The summed E-state index contributed by atoms with van der Waals surface area (Å²) in [6.45, 7) is 4.59. The van der Waals surface area contributed by atoms with E-state index in [1.165, 1.54) is 12.1 Å². The van der Waals surface area contributed by atoms with Gasteiger partial charge in [-0.25, -0.2) is 4.39 Å². The van der Waals surface area contributed by atoms with Gasteiger partial charge in [0.1, 0.15) is 11.6 Å². The average molecular weight is 428 g/mol. The Labute approximate surface area is 179 Å². The summed E-state index contributed by atoms with van der Waals surface area (Å²) in [5.74, 6) is 1.07. The van der Waals surface area contributed by atoms with Crippen LogP contribution in [-0.4, -0.2) is 46.0 Å². The lowest BCUT2D eigenvalue weighted by Crippen LogP contribution is -2.46. The number of halogens is 2. The first-order valence-electron chi connectivity index (χ1n) is 9.77. The van der Waals surface area contributed by atoms with Crippen LogP contribution in [0.5, 0.6) is 0 Å². The summed E-state index contributed by atoms with van der Waals surface area (Å²) in [6.07, 6.45) is 0. The standard InChI is InChI=1S/C21H23ClFN7/c22-16-3-1-15(2-4-16)13-25-21-27-19(26-20(24)28-21)14-29-9-11-30(12-10-29)18-7-5-17(23)6-8-18/h1-8H,9-14H2,(H3,24,25,26,27,28). The second-order valence-electron chi connectivity index (χ2n) is 7.15.